The summed E-state index contributed by atoms with van der Waals surface area (Å²) in [5.41, 5.74) is 3.45. The molecule has 2 N–H and O–H groups in total. The van der Waals surface area contributed by atoms with Gasteiger partial charge in [0.1, 0.15) is 10.7 Å². The van der Waals surface area contributed by atoms with Gasteiger partial charge in [-0.2, -0.15) is 0 Å². The van der Waals surface area contributed by atoms with Crippen LogP contribution in [0.4, 0.5) is 10.1 Å². The summed E-state index contributed by atoms with van der Waals surface area (Å²) in [5, 5.41) is 7.84. The normalized spacial score (nSPS) is 16.7. The maximum Gasteiger partial charge on any atom is 0.266 e. The van der Waals surface area contributed by atoms with Crippen LogP contribution < -0.4 is 10.6 Å². The molecule has 0 bridgehead atoms. The smallest absolute Gasteiger partial charge is 0.266 e. The third kappa shape index (κ3) is 6.69. The largest absolute Gasteiger partial charge is 0.388 e. The van der Waals surface area contributed by atoms with E-state index in [0.717, 1.165) is 52.6 Å². The number of nitrogens with zero attached hydrogens (tertiary/aromatic N) is 1. The number of hydrogen-bond acceptors (Lipinski definition) is 4. The minimum atomic E-state index is -0.306. The Morgan fingerprint density at radius 2 is 1.64 bits per heavy atom. The van der Waals surface area contributed by atoms with Crippen LogP contribution in [0.25, 0.3) is 21.2 Å². The summed E-state index contributed by atoms with van der Waals surface area (Å²) in [6, 6.07) is 21.5. The highest BCUT2D eigenvalue weighted by Crippen LogP contribution is 2.38. The molecule has 0 atom stereocenters. The Balaban J connectivity index is 0.00000210. The fourth-order valence-corrected chi connectivity index (χ4v) is 6.68. The number of fused-ring (bicyclic) bond motifs is 1. The fourth-order valence-electron chi connectivity index (χ4n) is 5.21. The minimum absolute atomic E-state index is 0. The van der Waals surface area contributed by atoms with Gasteiger partial charge < -0.3 is 15.5 Å². The van der Waals surface area contributed by atoms with Gasteiger partial charge in [0.05, 0.1) is 5.02 Å². The van der Waals surface area contributed by atoms with E-state index in [9.17, 15) is 4.79 Å². The van der Waals surface area contributed by atoms with Gasteiger partial charge in [-0.1, -0.05) is 48.0 Å². The van der Waals surface area contributed by atoms with E-state index < -0.39 is 0 Å². The molecule has 4 aromatic rings. The molecule has 1 aliphatic carbocycles. The molecule has 1 aliphatic rings. The molecular formula is C30H33Cl3FN3OS. The highest BCUT2D eigenvalue weighted by molar-refractivity contribution is 7.21. The summed E-state index contributed by atoms with van der Waals surface area (Å²) < 4.78 is 16.2. The maximum absolute atomic E-state index is 15.2. The Kier molecular flexibility index (Phi) is 11.1. The molecule has 0 aliphatic heterocycles. The predicted molar refractivity (Wildman–Crippen MR) is 168 cm³/mol. The Labute approximate surface area is 250 Å². The van der Waals surface area contributed by atoms with Crippen molar-refractivity contribution in [2.45, 2.75) is 44.3 Å². The molecule has 3 aromatic carbocycles. The van der Waals surface area contributed by atoms with Crippen LogP contribution in [0.1, 0.15) is 40.9 Å². The number of amides is 1. The summed E-state index contributed by atoms with van der Waals surface area (Å²) in [7, 11) is 3.86. The second kappa shape index (κ2) is 13.8. The summed E-state index contributed by atoms with van der Waals surface area (Å²) >= 11 is 8.13. The number of nitrogens with one attached hydrogen (secondary N) is 2. The molecule has 4 nitrogen and oxygen atoms in total. The number of hydrogen-bond donors (Lipinski definition) is 2. The molecule has 208 valence electrons. The lowest BCUT2D eigenvalue weighted by atomic mass is 9.89. The second-order valence-electron chi connectivity index (χ2n) is 9.60. The van der Waals surface area contributed by atoms with Crippen LogP contribution in [0.5, 0.6) is 0 Å². The van der Waals surface area contributed by atoms with E-state index in [4.69, 9.17) is 11.6 Å². The monoisotopic (exact) mass is 607 g/mol. The number of carbonyl (C=O) groups is 1. The van der Waals surface area contributed by atoms with Crippen LogP contribution in [0.15, 0.2) is 66.7 Å². The van der Waals surface area contributed by atoms with E-state index in [-0.39, 0.29) is 49.1 Å². The Bertz CT molecular complexity index is 1400. The quantitative estimate of drug-likeness (QED) is 0.221. The van der Waals surface area contributed by atoms with Crippen LogP contribution in [0.2, 0.25) is 5.02 Å². The minimum Gasteiger partial charge on any atom is -0.388 e. The van der Waals surface area contributed by atoms with Crippen molar-refractivity contribution < 1.29 is 9.18 Å². The highest BCUT2D eigenvalue weighted by Gasteiger charge is 2.32. The predicted octanol–water partition coefficient (Wildman–Crippen LogP) is 8.42. The molecule has 1 saturated carbocycles. The lowest BCUT2D eigenvalue weighted by Crippen LogP contribution is -2.44. The zero-order chi connectivity index (χ0) is 25.9. The number of anilines is 1. The first kappa shape index (κ1) is 31.2. The van der Waals surface area contributed by atoms with Crippen molar-refractivity contribution in [3.63, 3.8) is 0 Å². The van der Waals surface area contributed by atoms with Crippen LogP contribution in [0.3, 0.4) is 0 Å². The molecule has 0 spiro atoms. The van der Waals surface area contributed by atoms with E-state index in [2.05, 4.69) is 10.6 Å². The van der Waals surface area contributed by atoms with Crippen LogP contribution >= 0.6 is 47.8 Å². The molecule has 0 saturated heterocycles. The van der Waals surface area contributed by atoms with Crippen molar-refractivity contribution in [1.29, 1.82) is 0 Å². The van der Waals surface area contributed by atoms with Crippen LogP contribution in [-0.4, -0.2) is 37.0 Å². The van der Waals surface area contributed by atoms with E-state index in [0.29, 0.717) is 21.5 Å². The van der Waals surface area contributed by atoms with E-state index in [1.165, 1.54) is 17.4 Å². The van der Waals surface area contributed by atoms with Crippen molar-refractivity contribution in [3.8, 4) is 11.1 Å². The summed E-state index contributed by atoms with van der Waals surface area (Å²) in [6.45, 7) is 0.201. The van der Waals surface area contributed by atoms with Gasteiger partial charge in [0, 0.05) is 47.0 Å². The molecule has 39 heavy (non-hydrogen) atoms. The lowest BCUT2D eigenvalue weighted by molar-refractivity contribution is 0.0604. The lowest BCUT2D eigenvalue weighted by Gasteiger charge is -2.37. The summed E-state index contributed by atoms with van der Waals surface area (Å²) in [4.78, 5) is 16.4. The number of carbonyl (C=O) groups excluding carboxylic acids is 1. The van der Waals surface area contributed by atoms with Gasteiger partial charge in [-0.3, -0.25) is 4.79 Å². The van der Waals surface area contributed by atoms with Gasteiger partial charge in [-0.05, 0) is 74.2 Å². The molecule has 1 amide bonds. The van der Waals surface area contributed by atoms with Crippen molar-refractivity contribution in [2.24, 2.45) is 0 Å². The molecular weight excluding hydrogens is 576 g/mol. The molecule has 9 heteroatoms. The van der Waals surface area contributed by atoms with Gasteiger partial charge in [0.25, 0.3) is 5.91 Å². The average molecular weight is 609 g/mol. The Morgan fingerprint density at radius 3 is 2.28 bits per heavy atom. The van der Waals surface area contributed by atoms with Gasteiger partial charge in [-0.25, -0.2) is 4.39 Å². The Morgan fingerprint density at radius 1 is 0.974 bits per heavy atom. The van der Waals surface area contributed by atoms with E-state index in [1.807, 2.05) is 73.6 Å². The van der Waals surface area contributed by atoms with Gasteiger partial charge in [0.2, 0.25) is 0 Å². The molecule has 5 rings (SSSR count). The van der Waals surface area contributed by atoms with Crippen molar-refractivity contribution in [3.05, 3.63) is 88.0 Å². The van der Waals surface area contributed by atoms with Crippen molar-refractivity contribution in [2.75, 3.05) is 19.4 Å². The van der Waals surface area contributed by atoms with Crippen molar-refractivity contribution >= 4 is 69.4 Å². The molecule has 0 unspecified atom stereocenters. The number of benzene rings is 3. The topological polar surface area (TPSA) is 44.4 Å². The molecule has 1 heterocycles. The third-order valence-electron chi connectivity index (χ3n) is 7.43. The molecule has 0 radical (unpaired) electrons. The van der Waals surface area contributed by atoms with Crippen LogP contribution in [-0.2, 0) is 6.54 Å². The van der Waals surface area contributed by atoms with Gasteiger partial charge >= 0.3 is 0 Å². The molecule has 1 fully saturated rings. The standard InChI is InChI=1S/C30H31ClFN3OS.2ClH/c1-33-22-10-7-19(8-11-22)20-9-16-26(32)21(17-20)18-35(24-14-12-23(34-2)13-15-24)30(36)29-28(31)25-5-3-4-6-27(25)37-29;;/h3-11,16-17,23-24,33-34H,12-15,18H2,1-2H3;2*1H. The SMILES string of the molecule is CNc1ccc(-c2ccc(F)c(CN(C(=O)c3sc4ccccc4c3Cl)C3CCC(NC)CC3)c2)cc1.Cl.Cl. The number of rotatable bonds is 7. The first-order valence-corrected chi connectivity index (χ1v) is 13.9. The first-order chi connectivity index (χ1) is 18.0. The van der Waals surface area contributed by atoms with Gasteiger partial charge in [0.15, 0.2) is 0 Å². The maximum atomic E-state index is 15.2. The Hall–Kier alpha value is -2.35. The fraction of sp³-hybridized carbons (Fsp3) is 0.300. The van der Waals surface area contributed by atoms with Crippen molar-refractivity contribution in [1.82, 2.24) is 10.2 Å². The third-order valence-corrected chi connectivity index (χ3v) is 9.09. The highest BCUT2D eigenvalue weighted by atomic mass is 35.5. The summed E-state index contributed by atoms with van der Waals surface area (Å²) in [6.07, 6.45) is 3.69. The first-order valence-electron chi connectivity index (χ1n) is 12.7. The zero-order valence-corrected chi connectivity index (χ0v) is 25.1. The zero-order valence-electron chi connectivity index (χ0n) is 21.9. The summed E-state index contributed by atoms with van der Waals surface area (Å²) in [5.74, 6) is -0.429. The van der Waals surface area contributed by atoms with E-state index >= 15 is 4.39 Å². The van der Waals surface area contributed by atoms with E-state index in [1.54, 1.807) is 6.07 Å². The number of thiophene rings is 1. The average Bonchev–Trinajstić information content (AvgIpc) is 3.29. The number of halogens is 4. The second-order valence-corrected chi connectivity index (χ2v) is 11.0. The van der Waals surface area contributed by atoms with Gasteiger partial charge in [-0.15, -0.1) is 36.2 Å². The molecule has 1 aromatic heterocycles. The van der Waals surface area contributed by atoms with Crippen LogP contribution in [0, 0.1) is 5.82 Å².